The van der Waals surface area contributed by atoms with Crippen LogP contribution in [-0.2, 0) is 4.79 Å². The van der Waals surface area contributed by atoms with Crippen LogP contribution in [0, 0.1) is 11.6 Å². The summed E-state index contributed by atoms with van der Waals surface area (Å²) in [7, 11) is 0. The molecular weight excluding hydrogens is 478 g/mol. The number of fused-ring (bicyclic) bond motifs is 1. The zero-order valence-electron chi connectivity index (χ0n) is 20.1. The first-order valence-corrected chi connectivity index (χ1v) is 12.0. The van der Waals surface area contributed by atoms with Gasteiger partial charge in [-0.15, -0.1) is 0 Å². The monoisotopic (exact) mass is 504 g/mol. The van der Waals surface area contributed by atoms with Gasteiger partial charge in [-0.2, -0.15) is 5.10 Å². The predicted molar refractivity (Wildman–Crippen MR) is 136 cm³/mol. The Balaban J connectivity index is 0.000000195. The molecule has 6 rings (SSSR count). The largest absolute Gasteiger partial charge is 0.454 e. The minimum absolute atomic E-state index is 0.0567. The van der Waals surface area contributed by atoms with Crippen molar-refractivity contribution in [2.24, 2.45) is 0 Å². The van der Waals surface area contributed by atoms with Crippen LogP contribution < -0.4 is 10.5 Å². The number of rotatable bonds is 4. The Labute approximate surface area is 212 Å². The summed E-state index contributed by atoms with van der Waals surface area (Å²) < 4.78 is 32.0. The van der Waals surface area contributed by atoms with Gasteiger partial charge >= 0.3 is 0 Å². The first-order valence-electron chi connectivity index (χ1n) is 12.0. The van der Waals surface area contributed by atoms with Gasteiger partial charge in [-0.25, -0.2) is 18.7 Å². The molecule has 4 aromatic rings. The molecule has 1 saturated heterocycles. The molecule has 0 unspecified atom stereocenters. The molecule has 1 aliphatic heterocycles. The average molecular weight is 505 g/mol. The number of nitrogens with one attached hydrogen (secondary N) is 1. The van der Waals surface area contributed by atoms with Crippen molar-refractivity contribution in [3.8, 4) is 22.8 Å². The van der Waals surface area contributed by atoms with E-state index in [1.807, 2.05) is 4.90 Å². The molecule has 0 bridgehead atoms. The van der Waals surface area contributed by atoms with Crippen LogP contribution in [0.25, 0.3) is 22.3 Å². The number of aromatic nitrogens is 4. The number of halogens is 2. The Morgan fingerprint density at radius 3 is 2.59 bits per heavy atom. The molecule has 3 N–H and O–H groups in total. The number of carbonyl (C=O) groups is 1. The maximum Gasteiger partial charge on any atom is 0.246 e. The molecule has 3 heterocycles. The van der Waals surface area contributed by atoms with Gasteiger partial charge < -0.3 is 15.4 Å². The standard InChI is InChI=1S/C17H11F2N5O.C10H15NO/c18-10-3-6-13(12(19)7-10)25-11-4-1-9(2-5-11)15-14-16(20)21-8-22-17(14)24-23-15;1-2-9(12)11-8-4-3-5-10(11)6-7-10/h1-8H,(H3,20,21,22,23,24);2H,1,3-8H2. The van der Waals surface area contributed by atoms with Gasteiger partial charge in [0.15, 0.2) is 17.2 Å². The number of hydrogen-bond acceptors (Lipinski definition) is 6. The number of anilines is 1. The van der Waals surface area contributed by atoms with Gasteiger partial charge in [-0.3, -0.25) is 9.89 Å². The predicted octanol–water partition coefficient (Wildman–Crippen LogP) is 5.39. The molecule has 10 heteroatoms. The van der Waals surface area contributed by atoms with Crippen LogP contribution in [0.3, 0.4) is 0 Å². The van der Waals surface area contributed by atoms with Crippen molar-refractivity contribution < 1.29 is 18.3 Å². The molecule has 2 aromatic heterocycles. The van der Waals surface area contributed by atoms with Crippen molar-refractivity contribution in [2.75, 3.05) is 12.3 Å². The quantitative estimate of drug-likeness (QED) is 0.361. The fraction of sp³-hybridized carbons (Fsp3) is 0.259. The summed E-state index contributed by atoms with van der Waals surface area (Å²) >= 11 is 0. The molecule has 2 fully saturated rings. The normalized spacial score (nSPS) is 15.7. The zero-order chi connectivity index (χ0) is 26.0. The Kier molecular flexibility index (Phi) is 6.56. The lowest BCUT2D eigenvalue weighted by Crippen LogP contribution is -2.44. The van der Waals surface area contributed by atoms with Crippen LogP contribution in [-0.4, -0.2) is 43.1 Å². The van der Waals surface area contributed by atoms with Crippen LogP contribution in [0.15, 0.2) is 61.4 Å². The lowest BCUT2D eigenvalue weighted by molar-refractivity contribution is -0.130. The Morgan fingerprint density at radius 2 is 1.89 bits per heavy atom. The van der Waals surface area contributed by atoms with E-state index in [4.69, 9.17) is 10.5 Å². The number of piperidine rings is 1. The van der Waals surface area contributed by atoms with Gasteiger partial charge in [0.1, 0.15) is 23.7 Å². The summed E-state index contributed by atoms with van der Waals surface area (Å²) in [6, 6.07) is 9.97. The second kappa shape index (κ2) is 9.96. The van der Waals surface area contributed by atoms with Crippen molar-refractivity contribution in [2.45, 2.75) is 37.6 Å². The summed E-state index contributed by atoms with van der Waals surface area (Å²) in [6.45, 7) is 4.49. The molecular formula is C27H26F2N6O2. The van der Waals surface area contributed by atoms with E-state index in [1.54, 1.807) is 24.3 Å². The van der Waals surface area contributed by atoms with Crippen LogP contribution >= 0.6 is 0 Å². The lowest BCUT2D eigenvalue weighted by atomic mass is 10.00. The third-order valence-corrected chi connectivity index (χ3v) is 6.76. The van der Waals surface area contributed by atoms with E-state index < -0.39 is 11.6 Å². The molecule has 8 nitrogen and oxygen atoms in total. The highest BCUT2D eigenvalue weighted by Crippen LogP contribution is 2.48. The Bertz CT molecular complexity index is 1450. The highest BCUT2D eigenvalue weighted by atomic mass is 19.1. The van der Waals surface area contributed by atoms with Gasteiger partial charge in [0.25, 0.3) is 0 Å². The summed E-state index contributed by atoms with van der Waals surface area (Å²) in [6.07, 6.45) is 8.90. The maximum absolute atomic E-state index is 13.7. The van der Waals surface area contributed by atoms with Crippen molar-refractivity contribution in [3.05, 3.63) is 73.1 Å². The number of nitrogens with two attached hydrogens (primary N) is 1. The molecule has 0 atom stereocenters. The molecule has 1 spiro atoms. The van der Waals surface area contributed by atoms with E-state index in [2.05, 4.69) is 26.7 Å². The van der Waals surface area contributed by atoms with E-state index in [0.29, 0.717) is 28.3 Å². The van der Waals surface area contributed by atoms with E-state index in [9.17, 15) is 13.6 Å². The second-order valence-corrected chi connectivity index (χ2v) is 9.13. The number of benzene rings is 2. The molecule has 0 radical (unpaired) electrons. The maximum atomic E-state index is 13.7. The number of amides is 1. The zero-order valence-corrected chi connectivity index (χ0v) is 20.1. The fourth-order valence-corrected chi connectivity index (χ4v) is 4.68. The number of aromatic amines is 1. The van der Waals surface area contributed by atoms with Gasteiger partial charge in [0.05, 0.1) is 11.1 Å². The molecule has 37 heavy (non-hydrogen) atoms. The minimum Gasteiger partial charge on any atom is -0.454 e. The topological polar surface area (TPSA) is 110 Å². The summed E-state index contributed by atoms with van der Waals surface area (Å²) in [5.74, 6) is -0.629. The smallest absolute Gasteiger partial charge is 0.246 e. The van der Waals surface area contributed by atoms with E-state index in [-0.39, 0.29) is 17.2 Å². The number of hydrogen-bond donors (Lipinski definition) is 2. The molecule has 1 aliphatic carbocycles. The first-order chi connectivity index (χ1) is 17.9. The third kappa shape index (κ3) is 5.00. The molecule has 190 valence electrons. The molecule has 1 amide bonds. The van der Waals surface area contributed by atoms with E-state index >= 15 is 0 Å². The van der Waals surface area contributed by atoms with Crippen LogP contribution in [0.4, 0.5) is 14.6 Å². The molecule has 2 aliphatic rings. The van der Waals surface area contributed by atoms with E-state index in [0.717, 1.165) is 24.2 Å². The highest BCUT2D eigenvalue weighted by molar-refractivity contribution is 5.97. The number of nitrogen functional groups attached to an aromatic ring is 1. The average Bonchev–Trinajstić information content (AvgIpc) is 3.52. The summed E-state index contributed by atoms with van der Waals surface area (Å²) in [5, 5.41) is 7.60. The van der Waals surface area contributed by atoms with Gasteiger partial charge in [-0.05, 0) is 74.6 Å². The number of H-pyrrole nitrogens is 1. The highest BCUT2D eigenvalue weighted by Gasteiger charge is 2.50. The molecule has 2 aromatic carbocycles. The number of ether oxygens (including phenoxy) is 1. The third-order valence-electron chi connectivity index (χ3n) is 6.76. The second-order valence-electron chi connectivity index (χ2n) is 9.13. The van der Waals surface area contributed by atoms with Gasteiger partial charge in [0.2, 0.25) is 5.91 Å². The van der Waals surface area contributed by atoms with Crippen molar-refractivity contribution >= 4 is 22.8 Å². The fourth-order valence-electron chi connectivity index (χ4n) is 4.68. The van der Waals surface area contributed by atoms with Gasteiger partial charge in [-0.1, -0.05) is 6.58 Å². The lowest BCUT2D eigenvalue weighted by Gasteiger charge is -2.35. The number of nitrogens with zero attached hydrogens (tertiary/aromatic N) is 4. The molecule has 1 saturated carbocycles. The van der Waals surface area contributed by atoms with Crippen molar-refractivity contribution in [1.29, 1.82) is 0 Å². The van der Waals surface area contributed by atoms with Crippen LogP contribution in [0.1, 0.15) is 32.1 Å². The Hall–Kier alpha value is -4.34. The Morgan fingerprint density at radius 1 is 1.11 bits per heavy atom. The van der Waals surface area contributed by atoms with Crippen molar-refractivity contribution in [3.63, 3.8) is 0 Å². The first kappa shape index (κ1) is 24.4. The minimum atomic E-state index is -0.770. The summed E-state index contributed by atoms with van der Waals surface area (Å²) in [4.78, 5) is 21.5. The van der Waals surface area contributed by atoms with Crippen molar-refractivity contribution in [1.82, 2.24) is 25.1 Å². The van der Waals surface area contributed by atoms with Crippen LogP contribution in [0.2, 0.25) is 0 Å². The number of likely N-dealkylation sites (tertiary alicyclic amines) is 1. The summed E-state index contributed by atoms with van der Waals surface area (Å²) in [5.41, 5.74) is 8.10. The SMILES string of the molecule is C=CC(=O)N1CCCCC12CC2.Nc1ncnc2n[nH]c(-c3ccc(Oc4ccc(F)cc4F)cc3)c12. The van der Waals surface area contributed by atoms with Crippen LogP contribution in [0.5, 0.6) is 11.5 Å². The number of carbonyl (C=O) groups excluding carboxylic acids is 1. The van der Waals surface area contributed by atoms with Gasteiger partial charge in [0, 0.05) is 23.7 Å². The van der Waals surface area contributed by atoms with E-state index in [1.165, 1.54) is 50.6 Å².